The SMILES string of the molecule is NC(CSc1ccccc1[N+](=O)[O-])c1cccc(F)c1. The number of halogens is 1. The summed E-state index contributed by atoms with van der Waals surface area (Å²) in [5.41, 5.74) is 6.72. The van der Waals surface area contributed by atoms with Crippen molar-refractivity contribution in [3.05, 3.63) is 70.0 Å². The number of nitrogens with two attached hydrogens (primary N) is 1. The molecule has 4 nitrogen and oxygen atoms in total. The summed E-state index contributed by atoms with van der Waals surface area (Å²) in [5.74, 6) is 0.0996. The third-order valence-corrected chi connectivity index (χ3v) is 3.94. The summed E-state index contributed by atoms with van der Waals surface area (Å²) >= 11 is 1.30. The van der Waals surface area contributed by atoms with Gasteiger partial charge in [0.25, 0.3) is 5.69 Å². The maximum absolute atomic E-state index is 13.1. The fraction of sp³-hybridized carbons (Fsp3) is 0.143. The van der Waals surface area contributed by atoms with Gasteiger partial charge in [0.2, 0.25) is 0 Å². The normalized spacial score (nSPS) is 12.1. The van der Waals surface area contributed by atoms with E-state index in [0.29, 0.717) is 16.2 Å². The van der Waals surface area contributed by atoms with E-state index in [1.54, 1.807) is 30.3 Å². The van der Waals surface area contributed by atoms with Crippen LogP contribution in [-0.4, -0.2) is 10.7 Å². The summed E-state index contributed by atoms with van der Waals surface area (Å²) in [5, 5.41) is 10.9. The molecule has 0 amide bonds. The molecule has 0 aliphatic rings. The zero-order valence-corrected chi connectivity index (χ0v) is 11.3. The Balaban J connectivity index is 2.07. The van der Waals surface area contributed by atoms with Crippen molar-refractivity contribution in [3.63, 3.8) is 0 Å². The lowest BCUT2D eigenvalue weighted by Gasteiger charge is -2.11. The number of benzene rings is 2. The van der Waals surface area contributed by atoms with Gasteiger partial charge in [-0.1, -0.05) is 24.3 Å². The summed E-state index contributed by atoms with van der Waals surface area (Å²) in [6.45, 7) is 0. The van der Waals surface area contributed by atoms with Gasteiger partial charge in [0.1, 0.15) is 5.82 Å². The molecular weight excluding hydrogens is 279 g/mol. The molecule has 6 heteroatoms. The molecule has 2 aromatic rings. The Kier molecular flexibility index (Phi) is 4.70. The minimum Gasteiger partial charge on any atom is -0.323 e. The Bertz CT molecular complexity index is 622. The maximum Gasteiger partial charge on any atom is 0.282 e. The predicted molar refractivity (Wildman–Crippen MR) is 77.1 cm³/mol. The molecule has 1 atom stereocenters. The summed E-state index contributed by atoms with van der Waals surface area (Å²) < 4.78 is 13.1. The molecule has 104 valence electrons. The van der Waals surface area contributed by atoms with Gasteiger partial charge in [0.15, 0.2) is 0 Å². The Morgan fingerprint density at radius 2 is 2.00 bits per heavy atom. The zero-order valence-electron chi connectivity index (χ0n) is 10.5. The number of hydrogen-bond donors (Lipinski definition) is 1. The van der Waals surface area contributed by atoms with Crippen molar-refractivity contribution in [1.82, 2.24) is 0 Å². The van der Waals surface area contributed by atoms with Crippen molar-refractivity contribution in [1.29, 1.82) is 0 Å². The lowest BCUT2D eigenvalue weighted by Crippen LogP contribution is -2.13. The van der Waals surface area contributed by atoms with Crippen LogP contribution in [0.1, 0.15) is 11.6 Å². The molecule has 20 heavy (non-hydrogen) atoms. The molecular formula is C14H13FN2O2S. The molecule has 2 N–H and O–H groups in total. The van der Waals surface area contributed by atoms with Crippen molar-refractivity contribution >= 4 is 17.4 Å². The van der Waals surface area contributed by atoms with Crippen LogP contribution >= 0.6 is 11.8 Å². The van der Waals surface area contributed by atoms with E-state index in [1.165, 1.54) is 30.0 Å². The Morgan fingerprint density at radius 3 is 2.70 bits per heavy atom. The molecule has 0 fully saturated rings. The van der Waals surface area contributed by atoms with Crippen LogP contribution in [0.4, 0.5) is 10.1 Å². The quantitative estimate of drug-likeness (QED) is 0.520. The largest absolute Gasteiger partial charge is 0.323 e. The third kappa shape index (κ3) is 3.55. The van der Waals surface area contributed by atoms with E-state index >= 15 is 0 Å². The molecule has 0 aliphatic heterocycles. The van der Waals surface area contributed by atoms with Crippen molar-refractivity contribution in [3.8, 4) is 0 Å². The van der Waals surface area contributed by atoms with E-state index in [4.69, 9.17) is 5.73 Å². The number of nitrogens with zero attached hydrogens (tertiary/aromatic N) is 1. The van der Waals surface area contributed by atoms with Crippen LogP contribution in [0.3, 0.4) is 0 Å². The number of hydrogen-bond acceptors (Lipinski definition) is 4. The first-order valence-electron chi connectivity index (χ1n) is 5.95. The summed E-state index contributed by atoms with van der Waals surface area (Å²) in [6, 6.07) is 12.2. The van der Waals surface area contributed by atoms with Gasteiger partial charge in [0, 0.05) is 17.9 Å². The second-order valence-electron chi connectivity index (χ2n) is 4.20. The molecule has 0 saturated heterocycles. The summed E-state index contributed by atoms with van der Waals surface area (Å²) in [4.78, 5) is 11.0. The van der Waals surface area contributed by atoms with Gasteiger partial charge in [-0.05, 0) is 23.8 Å². The summed E-state index contributed by atoms with van der Waals surface area (Å²) in [6.07, 6.45) is 0. The van der Waals surface area contributed by atoms with E-state index < -0.39 is 4.92 Å². The van der Waals surface area contributed by atoms with Crippen molar-refractivity contribution in [2.45, 2.75) is 10.9 Å². The van der Waals surface area contributed by atoms with Gasteiger partial charge < -0.3 is 5.73 Å². The average Bonchev–Trinajstić information content (AvgIpc) is 2.45. The number of rotatable bonds is 5. The van der Waals surface area contributed by atoms with E-state index in [2.05, 4.69) is 0 Å². The Morgan fingerprint density at radius 1 is 1.25 bits per heavy atom. The number of nitro groups is 1. The predicted octanol–water partition coefficient (Wildman–Crippen LogP) is 3.53. The second-order valence-corrected chi connectivity index (χ2v) is 5.26. The lowest BCUT2D eigenvalue weighted by molar-refractivity contribution is -0.387. The van der Waals surface area contributed by atoms with Gasteiger partial charge in [-0.3, -0.25) is 10.1 Å². The molecule has 2 rings (SSSR count). The first-order chi connectivity index (χ1) is 9.58. The van der Waals surface area contributed by atoms with Crippen molar-refractivity contribution < 1.29 is 9.31 Å². The van der Waals surface area contributed by atoms with Gasteiger partial charge >= 0.3 is 0 Å². The Hall–Kier alpha value is -1.92. The lowest BCUT2D eigenvalue weighted by atomic mass is 10.1. The van der Waals surface area contributed by atoms with Gasteiger partial charge in [-0.15, -0.1) is 11.8 Å². The van der Waals surface area contributed by atoms with Crippen molar-refractivity contribution in [2.24, 2.45) is 5.73 Å². The first-order valence-corrected chi connectivity index (χ1v) is 6.94. The van der Waals surface area contributed by atoms with Crippen LogP contribution in [0.25, 0.3) is 0 Å². The maximum atomic E-state index is 13.1. The van der Waals surface area contributed by atoms with Crippen LogP contribution in [-0.2, 0) is 0 Å². The highest BCUT2D eigenvalue weighted by Crippen LogP contribution is 2.31. The fourth-order valence-electron chi connectivity index (χ4n) is 1.74. The smallest absolute Gasteiger partial charge is 0.282 e. The molecule has 0 spiro atoms. The number of nitro benzene ring substituents is 1. The van der Waals surface area contributed by atoms with E-state index in [-0.39, 0.29) is 17.5 Å². The van der Waals surface area contributed by atoms with Gasteiger partial charge in [-0.2, -0.15) is 0 Å². The minimum atomic E-state index is -0.421. The molecule has 0 heterocycles. The van der Waals surface area contributed by atoms with Crippen LogP contribution in [0.2, 0.25) is 0 Å². The van der Waals surface area contributed by atoms with Crippen LogP contribution < -0.4 is 5.73 Å². The molecule has 0 saturated carbocycles. The standard InChI is InChI=1S/C14H13FN2O2S/c15-11-5-3-4-10(8-11)12(16)9-20-14-7-2-1-6-13(14)17(18)19/h1-8,12H,9,16H2. The van der Waals surface area contributed by atoms with E-state index in [9.17, 15) is 14.5 Å². The zero-order chi connectivity index (χ0) is 14.5. The highest BCUT2D eigenvalue weighted by atomic mass is 32.2. The van der Waals surface area contributed by atoms with Crippen molar-refractivity contribution in [2.75, 3.05) is 5.75 Å². The Labute approximate surface area is 119 Å². The molecule has 0 aliphatic carbocycles. The molecule has 0 radical (unpaired) electrons. The van der Waals surface area contributed by atoms with Gasteiger partial charge in [0.05, 0.1) is 9.82 Å². The number of thioether (sulfide) groups is 1. The molecule has 1 unspecified atom stereocenters. The van der Waals surface area contributed by atoms with Crippen LogP contribution in [0.15, 0.2) is 53.4 Å². The first kappa shape index (κ1) is 14.5. The van der Waals surface area contributed by atoms with E-state index in [0.717, 1.165) is 0 Å². The molecule has 0 bridgehead atoms. The molecule has 0 aromatic heterocycles. The van der Waals surface area contributed by atoms with Gasteiger partial charge in [-0.25, -0.2) is 4.39 Å². The second kappa shape index (κ2) is 6.49. The highest BCUT2D eigenvalue weighted by molar-refractivity contribution is 7.99. The minimum absolute atomic E-state index is 0.0592. The number of para-hydroxylation sites is 1. The third-order valence-electron chi connectivity index (χ3n) is 2.76. The van der Waals surface area contributed by atoms with Crippen LogP contribution in [0.5, 0.6) is 0 Å². The topological polar surface area (TPSA) is 69.2 Å². The monoisotopic (exact) mass is 292 g/mol. The molecule has 2 aromatic carbocycles. The summed E-state index contributed by atoms with van der Waals surface area (Å²) in [7, 11) is 0. The average molecular weight is 292 g/mol. The highest BCUT2D eigenvalue weighted by Gasteiger charge is 2.15. The van der Waals surface area contributed by atoms with Crippen LogP contribution in [0, 0.1) is 15.9 Å². The van der Waals surface area contributed by atoms with E-state index in [1.807, 2.05) is 0 Å². The fourth-order valence-corrected chi connectivity index (χ4v) is 2.76.